The molecular formula is C13H22ClN3O. The molecule has 0 radical (unpaired) electrons. The molecule has 4 nitrogen and oxygen atoms in total. The van der Waals surface area contributed by atoms with Crippen molar-refractivity contribution >= 4 is 11.6 Å². The van der Waals surface area contributed by atoms with Gasteiger partial charge in [0.25, 0.3) is 0 Å². The van der Waals surface area contributed by atoms with E-state index in [1.165, 1.54) is 12.8 Å². The Bertz CT molecular complexity index is 355. The van der Waals surface area contributed by atoms with Crippen molar-refractivity contribution in [3.05, 3.63) is 16.9 Å². The molecule has 0 amide bonds. The zero-order valence-electron chi connectivity index (χ0n) is 11.2. The van der Waals surface area contributed by atoms with Crippen LogP contribution in [0, 0.1) is 0 Å². The minimum absolute atomic E-state index is 0.263. The van der Waals surface area contributed by atoms with Gasteiger partial charge in [-0.2, -0.15) is 5.10 Å². The van der Waals surface area contributed by atoms with Gasteiger partial charge in [0, 0.05) is 13.7 Å². The number of nitrogens with zero attached hydrogens (tertiary/aromatic N) is 2. The van der Waals surface area contributed by atoms with E-state index in [0.717, 1.165) is 36.7 Å². The van der Waals surface area contributed by atoms with Crippen LogP contribution in [0.25, 0.3) is 0 Å². The summed E-state index contributed by atoms with van der Waals surface area (Å²) in [5.41, 5.74) is 1.08. The Balaban J connectivity index is 1.98. The molecule has 1 aliphatic rings. The molecule has 0 aliphatic carbocycles. The highest BCUT2D eigenvalue weighted by atomic mass is 35.5. The number of aryl methyl sites for hydroxylation is 1. The summed E-state index contributed by atoms with van der Waals surface area (Å²) in [7, 11) is 1.94. The van der Waals surface area contributed by atoms with Crippen LogP contribution in [0.15, 0.2) is 6.20 Å². The first-order chi connectivity index (χ1) is 8.72. The molecule has 1 fully saturated rings. The number of nitrogens with one attached hydrogen (secondary N) is 1. The molecule has 2 heterocycles. The number of hydrogen-bond donors (Lipinski definition) is 1. The molecule has 1 aromatic rings. The third-order valence-electron chi connectivity index (χ3n) is 3.52. The smallest absolute Gasteiger partial charge is 0.0833 e. The van der Waals surface area contributed by atoms with E-state index in [2.05, 4.69) is 17.3 Å². The molecule has 18 heavy (non-hydrogen) atoms. The van der Waals surface area contributed by atoms with Gasteiger partial charge in [-0.25, -0.2) is 0 Å². The predicted octanol–water partition coefficient (Wildman–Crippen LogP) is 2.68. The van der Waals surface area contributed by atoms with Gasteiger partial charge in [-0.15, -0.1) is 0 Å². The molecule has 1 saturated heterocycles. The van der Waals surface area contributed by atoms with E-state index in [1.807, 2.05) is 11.7 Å². The van der Waals surface area contributed by atoms with E-state index in [-0.39, 0.29) is 6.04 Å². The maximum absolute atomic E-state index is 6.22. The Labute approximate surface area is 114 Å². The molecule has 0 saturated carbocycles. The lowest BCUT2D eigenvalue weighted by Crippen LogP contribution is -2.24. The lowest BCUT2D eigenvalue weighted by molar-refractivity contribution is 0.0994. The monoisotopic (exact) mass is 271 g/mol. The van der Waals surface area contributed by atoms with Gasteiger partial charge in [0.1, 0.15) is 0 Å². The minimum atomic E-state index is 0.263. The number of rotatable bonds is 6. The second kappa shape index (κ2) is 6.55. The van der Waals surface area contributed by atoms with Crippen LogP contribution >= 0.6 is 11.6 Å². The van der Waals surface area contributed by atoms with Crippen molar-refractivity contribution in [3.63, 3.8) is 0 Å². The van der Waals surface area contributed by atoms with Crippen LogP contribution in [-0.4, -0.2) is 29.0 Å². The van der Waals surface area contributed by atoms with E-state index in [1.54, 1.807) is 6.20 Å². The standard InChI is InChI=1S/C13H22ClN3O/c1-3-15-12(7-6-10-5-4-8-18-10)13-11(14)9-16-17(13)2/h9-10,12,15H,3-8H2,1-2H3. The summed E-state index contributed by atoms with van der Waals surface area (Å²) >= 11 is 6.22. The van der Waals surface area contributed by atoms with Crippen molar-refractivity contribution in [1.82, 2.24) is 15.1 Å². The zero-order valence-corrected chi connectivity index (χ0v) is 11.9. The molecule has 2 unspecified atom stereocenters. The van der Waals surface area contributed by atoms with Gasteiger partial charge in [-0.1, -0.05) is 18.5 Å². The van der Waals surface area contributed by atoms with Crippen molar-refractivity contribution in [3.8, 4) is 0 Å². The molecule has 0 bridgehead atoms. The Morgan fingerprint density at radius 2 is 2.50 bits per heavy atom. The van der Waals surface area contributed by atoms with Crippen molar-refractivity contribution in [2.45, 2.75) is 44.8 Å². The first kappa shape index (κ1) is 13.8. The molecule has 5 heteroatoms. The molecule has 1 N–H and O–H groups in total. The molecular weight excluding hydrogens is 250 g/mol. The van der Waals surface area contributed by atoms with Crippen molar-refractivity contribution in [2.75, 3.05) is 13.2 Å². The second-order valence-corrected chi connectivity index (χ2v) is 5.23. The van der Waals surface area contributed by atoms with Gasteiger partial charge >= 0.3 is 0 Å². The first-order valence-electron chi connectivity index (χ1n) is 6.74. The van der Waals surface area contributed by atoms with E-state index < -0.39 is 0 Å². The Hall–Kier alpha value is -0.580. The number of aromatic nitrogens is 2. The number of ether oxygens (including phenoxy) is 1. The highest BCUT2D eigenvalue weighted by molar-refractivity contribution is 6.31. The Morgan fingerprint density at radius 1 is 1.67 bits per heavy atom. The molecule has 1 aliphatic heterocycles. The summed E-state index contributed by atoms with van der Waals surface area (Å²) in [5.74, 6) is 0. The summed E-state index contributed by atoms with van der Waals surface area (Å²) < 4.78 is 7.54. The highest BCUT2D eigenvalue weighted by Gasteiger charge is 2.22. The Morgan fingerprint density at radius 3 is 3.06 bits per heavy atom. The fraction of sp³-hybridized carbons (Fsp3) is 0.769. The number of hydrogen-bond acceptors (Lipinski definition) is 3. The average Bonchev–Trinajstić information content (AvgIpc) is 2.96. The topological polar surface area (TPSA) is 39.1 Å². The SMILES string of the molecule is CCNC(CCC1CCCO1)c1c(Cl)cnn1C. The maximum atomic E-state index is 6.22. The summed E-state index contributed by atoms with van der Waals surface area (Å²) in [6.45, 7) is 3.96. The average molecular weight is 272 g/mol. The van der Waals surface area contributed by atoms with E-state index in [9.17, 15) is 0 Å². The summed E-state index contributed by atoms with van der Waals surface area (Å²) in [5, 5.41) is 8.45. The summed E-state index contributed by atoms with van der Waals surface area (Å²) in [4.78, 5) is 0. The van der Waals surface area contributed by atoms with Crippen LogP contribution in [0.5, 0.6) is 0 Å². The number of halogens is 1. The minimum Gasteiger partial charge on any atom is -0.378 e. The van der Waals surface area contributed by atoms with Crippen molar-refractivity contribution in [1.29, 1.82) is 0 Å². The predicted molar refractivity (Wildman–Crippen MR) is 72.8 cm³/mol. The maximum Gasteiger partial charge on any atom is 0.0833 e. The third-order valence-corrected chi connectivity index (χ3v) is 3.81. The summed E-state index contributed by atoms with van der Waals surface area (Å²) in [6, 6.07) is 0.263. The van der Waals surface area contributed by atoms with Crippen LogP contribution in [-0.2, 0) is 11.8 Å². The molecule has 2 atom stereocenters. The van der Waals surface area contributed by atoms with Crippen LogP contribution in [0.4, 0.5) is 0 Å². The summed E-state index contributed by atoms with van der Waals surface area (Å²) in [6.07, 6.45) is 6.66. The van der Waals surface area contributed by atoms with Gasteiger partial charge in [0.2, 0.25) is 0 Å². The van der Waals surface area contributed by atoms with Crippen molar-refractivity contribution in [2.24, 2.45) is 7.05 Å². The molecule has 0 spiro atoms. The van der Waals surface area contributed by atoms with E-state index >= 15 is 0 Å². The molecule has 1 aromatic heterocycles. The van der Waals surface area contributed by atoms with Gasteiger partial charge in [-0.3, -0.25) is 4.68 Å². The molecule has 0 aromatic carbocycles. The molecule has 2 rings (SSSR count). The zero-order chi connectivity index (χ0) is 13.0. The van der Waals surface area contributed by atoms with E-state index in [4.69, 9.17) is 16.3 Å². The van der Waals surface area contributed by atoms with Crippen molar-refractivity contribution < 1.29 is 4.74 Å². The lowest BCUT2D eigenvalue weighted by Gasteiger charge is -2.20. The fourth-order valence-electron chi connectivity index (χ4n) is 2.62. The van der Waals surface area contributed by atoms with Gasteiger partial charge < -0.3 is 10.1 Å². The lowest BCUT2D eigenvalue weighted by atomic mass is 10.0. The van der Waals surface area contributed by atoms with Crippen LogP contribution in [0.2, 0.25) is 5.02 Å². The van der Waals surface area contributed by atoms with Crippen LogP contribution in [0.1, 0.15) is 44.3 Å². The molecule has 102 valence electrons. The quantitative estimate of drug-likeness (QED) is 0.865. The normalized spacial score (nSPS) is 21.4. The van der Waals surface area contributed by atoms with Gasteiger partial charge in [0.05, 0.1) is 29.1 Å². The largest absolute Gasteiger partial charge is 0.378 e. The third kappa shape index (κ3) is 3.25. The van der Waals surface area contributed by atoms with Crippen LogP contribution < -0.4 is 5.32 Å². The van der Waals surface area contributed by atoms with E-state index in [0.29, 0.717) is 6.10 Å². The highest BCUT2D eigenvalue weighted by Crippen LogP contribution is 2.28. The van der Waals surface area contributed by atoms with Crippen LogP contribution in [0.3, 0.4) is 0 Å². The Kier molecular flexibility index (Phi) is 5.03. The van der Waals surface area contributed by atoms with Gasteiger partial charge in [-0.05, 0) is 32.2 Å². The van der Waals surface area contributed by atoms with Gasteiger partial charge in [0.15, 0.2) is 0 Å². The fourth-order valence-corrected chi connectivity index (χ4v) is 2.92. The second-order valence-electron chi connectivity index (χ2n) is 4.82. The first-order valence-corrected chi connectivity index (χ1v) is 7.12.